The van der Waals surface area contributed by atoms with Gasteiger partial charge in [-0.1, -0.05) is 27.7 Å². The van der Waals surface area contributed by atoms with E-state index in [1.807, 2.05) is 6.20 Å². The smallest absolute Gasteiger partial charge is 0.137 e. The summed E-state index contributed by atoms with van der Waals surface area (Å²) < 4.78 is 5.16. The second-order valence-electron chi connectivity index (χ2n) is 4.75. The fourth-order valence-corrected chi connectivity index (χ4v) is 1.28. The van der Waals surface area contributed by atoms with E-state index >= 15 is 0 Å². The molecule has 0 aromatic carbocycles. The van der Waals surface area contributed by atoms with Gasteiger partial charge in [0.2, 0.25) is 0 Å². The molecule has 1 aromatic rings. The van der Waals surface area contributed by atoms with E-state index < -0.39 is 0 Å². The Morgan fingerprint density at radius 3 is 2.43 bits per heavy atom. The van der Waals surface area contributed by atoms with Crippen molar-refractivity contribution >= 4 is 0 Å². The highest BCUT2D eigenvalue weighted by Crippen LogP contribution is 2.34. The summed E-state index contributed by atoms with van der Waals surface area (Å²) in [4.78, 5) is 4.17. The minimum Gasteiger partial charge on any atom is -0.495 e. The molecule has 0 aliphatic carbocycles. The molecule has 0 saturated carbocycles. The van der Waals surface area contributed by atoms with Crippen molar-refractivity contribution in [2.75, 3.05) is 7.11 Å². The molecule has 0 radical (unpaired) electrons. The third kappa shape index (κ3) is 2.47. The van der Waals surface area contributed by atoms with E-state index in [1.54, 1.807) is 13.3 Å². The highest BCUT2D eigenvalue weighted by atomic mass is 16.5. The van der Waals surface area contributed by atoms with Crippen molar-refractivity contribution in [3.05, 3.63) is 24.0 Å². The van der Waals surface area contributed by atoms with Crippen molar-refractivity contribution < 1.29 is 4.74 Å². The summed E-state index contributed by atoms with van der Waals surface area (Å²) in [6.45, 7) is 8.92. The zero-order valence-corrected chi connectivity index (χ0v) is 9.66. The summed E-state index contributed by atoms with van der Waals surface area (Å²) in [5, 5.41) is 0. The molecule has 0 bridgehead atoms. The fourth-order valence-electron chi connectivity index (χ4n) is 1.28. The van der Waals surface area contributed by atoms with Gasteiger partial charge in [0.25, 0.3) is 0 Å². The Balaban J connectivity index is 2.95. The molecule has 0 saturated heterocycles. The Morgan fingerprint density at radius 2 is 1.93 bits per heavy atom. The van der Waals surface area contributed by atoms with Gasteiger partial charge in [0.1, 0.15) is 5.75 Å². The Hall–Kier alpha value is -1.05. The first-order valence-corrected chi connectivity index (χ1v) is 4.94. The summed E-state index contributed by atoms with van der Waals surface area (Å²) in [6.07, 6.45) is 3.65. The van der Waals surface area contributed by atoms with E-state index in [2.05, 4.69) is 38.7 Å². The minimum atomic E-state index is 0.258. The van der Waals surface area contributed by atoms with Gasteiger partial charge in [-0.3, -0.25) is 4.98 Å². The number of nitrogens with zero attached hydrogens (tertiary/aromatic N) is 1. The largest absolute Gasteiger partial charge is 0.495 e. The van der Waals surface area contributed by atoms with E-state index in [0.29, 0.717) is 5.92 Å². The highest BCUT2D eigenvalue weighted by Gasteiger charge is 2.22. The lowest BCUT2D eigenvalue weighted by Gasteiger charge is -2.27. The maximum Gasteiger partial charge on any atom is 0.137 e. The number of pyridine rings is 1. The summed E-state index contributed by atoms with van der Waals surface area (Å²) in [5.74, 6) is 1.31. The molecule has 1 unspecified atom stereocenters. The molecular weight excluding hydrogens is 174 g/mol. The molecule has 0 N–H and O–H groups in total. The molecular formula is C12H19NO. The van der Waals surface area contributed by atoms with Gasteiger partial charge < -0.3 is 4.74 Å². The topological polar surface area (TPSA) is 22.1 Å². The number of aromatic nitrogens is 1. The van der Waals surface area contributed by atoms with E-state index in [9.17, 15) is 0 Å². The molecule has 1 atom stereocenters. The third-order valence-electron chi connectivity index (χ3n) is 2.77. The van der Waals surface area contributed by atoms with Gasteiger partial charge >= 0.3 is 0 Å². The van der Waals surface area contributed by atoms with E-state index in [1.165, 1.54) is 5.56 Å². The molecule has 0 aliphatic rings. The van der Waals surface area contributed by atoms with Gasteiger partial charge in [-0.2, -0.15) is 0 Å². The van der Waals surface area contributed by atoms with Crippen LogP contribution in [-0.4, -0.2) is 12.1 Å². The van der Waals surface area contributed by atoms with Crippen LogP contribution in [0.15, 0.2) is 18.5 Å². The number of methoxy groups -OCH3 is 1. The monoisotopic (exact) mass is 193 g/mol. The summed E-state index contributed by atoms with van der Waals surface area (Å²) in [7, 11) is 1.67. The van der Waals surface area contributed by atoms with Crippen LogP contribution in [0.4, 0.5) is 0 Å². The summed E-state index contributed by atoms with van der Waals surface area (Å²) in [5.41, 5.74) is 1.49. The number of ether oxygens (including phenoxy) is 1. The predicted molar refractivity (Wildman–Crippen MR) is 58.7 cm³/mol. The van der Waals surface area contributed by atoms with Gasteiger partial charge in [-0.15, -0.1) is 0 Å². The SMILES string of the molecule is COc1cncc(C(C)C(C)(C)C)c1. The van der Waals surface area contributed by atoms with Crippen LogP contribution in [-0.2, 0) is 0 Å². The maximum atomic E-state index is 5.16. The number of hydrogen-bond donors (Lipinski definition) is 0. The van der Waals surface area contributed by atoms with Crippen LogP contribution >= 0.6 is 0 Å². The van der Waals surface area contributed by atoms with E-state index in [-0.39, 0.29) is 5.41 Å². The third-order valence-corrected chi connectivity index (χ3v) is 2.77. The van der Waals surface area contributed by atoms with Gasteiger partial charge in [0, 0.05) is 6.20 Å². The molecule has 2 nitrogen and oxygen atoms in total. The van der Waals surface area contributed by atoms with Crippen LogP contribution < -0.4 is 4.74 Å². The van der Waals surface area contributed by atoms with Crippen LogP contribution in [0.3, 0.4) is 0 Å². The van der Waals surface area contributed by atoms with E-state index in [4.69, 9.17) is 4.74 Å². The van der Waals surface area contributed by atoms with Crippen LogP contribution in [0.2, 0.25) is 0 Å². The lowest BCUT2D eigenvalue weighted by molar-refractivity contribution is 0.337. The summed E-state index contributed by atoms with van der Waals surface area (Å²) in [6, 6.07) is 2.06. The zero-order chi connectivity index (χ0) is 10.8. The average Bonchev–Trinajstić information content (AvgIpc) is 2.15. The summed E-state index contributed by atoms with van der Waals surface area (Å²) >= 11 is 0. The van der Waals surface area contributed by atoms with Crippen molar-refractivity contribution in [3.8, 4) is 5.75 Å². The Labute approximate surface area is 86.3 Å². The van der Waals surface area contributed by atoms with Gasteiger partial charge in [0.05, 0.1) is 13.3 Å². The second-order valence-corrected chi connectivity index (χ2v) is 4.75. The van der Waals surface area contributed by atoms with Gasteiger partial charge in [0.15, 0.2) is 0 Å². The molecule has 2 heteroatoms. The Kier molecular flexibility index (Phi) is 3.14. The first kappa shape index (κ1) is 11.0. The standard InChI is InChI=1S/C12H19NO/c1-9(12(2,3)4)10-6-11(14-5)8-13-7-10/h6-9H,1-5H3. The molecule has 1 rings (SSSR count). The van der Waals surface area contributed by atoms with Crippen molar-refractivity contribution in [3.63, 3.8) is 0 Å². The molecule has 1 heterocycles. The average molecular weight is 193 g/mol. The first-order valence-electron chi connectivity index (χ1n) is 4.94. The molecule has 0 spiro atoms. The van der Waals surface area contributed by atoms with E-state index in [0.717, 1.165) is 5.75 Å². The lowest BCUT2D eigenvalue weighted by atomic mass is 9.78. The molecule has 14 heavy (non-hydrogen) atoms. The first-order chi connectivity index (χ1) is 6.45. The number of hydrogen-bond acceptors (Lipinski definition) is 2. The van der Waals surface area contributed by atoms with Crippen LogP contribution in [0.1, 0.15) is 39.2 Å². The number of rotatable bonds is 2. The highest BCUT2D eigenvalue weighted by molar-refractivity contribution is 5.26. The van der Waals surface area contributed by atoms with Crippen LogP contribution in [0.25, 0.3) is 0 Å². The molecule has 0 amide bonds. The lowest BCUT2D eigenvalue weighted by Crippen LogP contribution is -2.15. The molecule has 1 aromatic heterocycles. The van der Waals surface area contributed by atoms with Crippen molar-refractivity contribution in [1.82, 2.24) is 4.98 Å². The Morgan fingerprint density at radius 1 is 1.29 bits per heavy atom. The Bertz CT molecular complexity index is 301. The van der Waals surface area contributed by atoms with Gasteiger partial charge in [-0.25, -0.2) is 0 Å². The van der Waals surface area contributed by atoms with Gasteiger partial charge in [-0.05, 0) is 23.0 Å². The zero-order valence-electron chi connectivity index (χ0n) is 9.66. The predicted octanol–water partition coefficient (Wildman–Crippen LogP) is 3.24. The van der Waals surface area contributed by atoms with Crippen molar-refractivity contribution in [1.29, 1.82) is 0 Å². The van der Waals surface area contributed by atoms with Crippen molar-refractivity contribution in [2.24, 2.45) is 5.41 Å². The molecule has 78 valence electrons. The minimum absolute atomic E-state index is 0.258. The van der Waals surface area contributed by atoms with Crippen molar-refractivity contribution in [2.45, 2.75) is 33.6 Å². The maximum absolute atomic E-state index is 5.16. The second kappa shape index (κ2) is 3.99. The van der Waals surface area contributed by atoms with Crippen LogP contribution in [0, 0.1) is 5.41 Å². The van der Waals surface area contributed by atoms with Crippen LogP contribution in [0.5, 0.6) is 5.75 Å². The quantitative estimate of drug-likeness (QED) is 0.719. The fraction of sp³-hybridized carbons (Fsp3) is 0.583. The molecule has 0 aliphatic heterocycles. The molecule has 0 fully saturated rings. The normalized spacial score (nSPS) is 13.8.